The normalized spacial score (nSPS) is 13.1. The molecule has 0 aromatic carbocycles. The monoisotopic (exact) mass is 198 g/mol. The second kappa shape index (κ2) is 5.07. The smallest absolute Gasteiger partial charge is 0.0991 e. The highest BCUT2D eigenvalue weighted by molar-refractivity contribution is 5.06. The van der Waals surface area contributed by atoms with Gasteiger partial charge in [0.05, 0.1) is 11.4 Å². The Morgan fingerprint density at radius 1 is 1.57 bits per heavy atom. The minimum Gasteiger partial charge on any atom is -0.396 e. The molecule has 0 spiro atoms. The zero-order chi connectivity index (χ0) is 10.6. The lowest BCUT2D eigenvalue weighted by molar-refractivity contribution is 0.250. The van der Waals surface area contributed by atoms with Crippen LogP contribution in [0.15, 0.2) is 0 Å². The van der Waals surface area contributed by atoms with Crippen molar-refractivity contribution in [1.29, 1.82) is 0 Å². The van der Waals surface area contributed by atoms with E-state index in [0.29, 0.717) is 12.5 Å². The molecule has 1 unspecified atom stereocenters. The van der Waals surface area contributed by atoms with E-state index in [1.165, 1.54) is 0 Å². The summed E-state index contributed by atoms with van der Waals surface area (Å²) in [5.41, 5.74) is 7.37. The van der Waals surface area contributed by atoms with Gasteiger partial charge in [0.25, 0.3) is 0 Å². The fourth-order valence-corrected chi connectivity index (χ4v) is 1.37. The van der Waals surface area contributed by atoms with Crippen molar-refractivity contribution >= 4 is 0 Å². The lowest BCUT2D eigenvalue weighted by Gasteiger charge is -2.10. The minimum atomic E-state index is 0.221. The lowest BCUT2D eigenvalue weighted by atomic mass is 10.1. The lowest BCUT2D eigenvalue weighted by Crippen LogP contribution is -2.12. The summed E-state index contributed by atoms with van der Waals surface area (Å²) in [5, 5.41) is 16.8. The maximum Gasteiger partial charge on any atom is 0.0991 e. The Balaban J connectivity index is 2.62. The molecule has 0 aliphatic heterocycles. The van der Waals surface area contributed by atoms with Gasteiger partial charge in [0.15, 0.2) is 0 Å². The molecule has 1 heterocycles. The summed E-state index contributed by atoms with van der Waals surface area (Å²) in [5.74, 6) is 0.408. The van der Waals surface area contributed by atoms with Gasteiger partial charge < -0.3 is 10.8 Å². The molecule has 1 atom stereocenters. The van der Waals surface area contributed by atoms with Crippen molar-refractivity contribution in [1.82, 2.24) is 15.0 Å². The molecule has 0 amide bonds. The number of aliphatic hydroxyl groups excluding tert-OH is 1. The Bertz CT molecular complexity index is 284. The molecule has 1 aromatic rings. The van der Waals surface area contributed by atoms with Gasteiger partial charge >= 0.3 is 0 Å². The molecule has 0 aliphatic rings. The van der Waals surface area contributed by atoms with Crippen molar-refractivity contribution in [2.24, 2.45) is 11.7 Å². The molecule has 1 rings (SSSR count). The number of nitrogens with two attached hydrogens (primary N) is 1. The van der Waals surface area contributed by atoms with Crippen LogP contribution in [0.4, 0.5) is 0 Å². The summed E-state index contributed by atoms with van der Waals surface area (Å²) in [6.07, 6.45) is 0.789. The molecule has 1 aromatic heterocycles. The third kappa shape index (κ3) is 2.52. The number of nitrogens with zero attached hydrogens (tertiary/aromatic N) is 3. The fraction of sp³-hybridized carbons (Fsp3) is 0.778. The van der Waals surface area contributed by atoms with Crippen molar-refractivity contribution < 1.29 is 5.11 Å². The SMILES string of the molecule is Cc1c(CN)nnn1CC(C)CCO. The second-order valence-corrected chi connectivity index (χ2v) is 3.63. The topological polar surface area (TPSA) is 77.0 Å². The molecule has 80 valence electrons. The van der Waals surface area contributed by atoms with Crippen molar-refractivity contribution in [3.05, 3.63) is 11.4 Å². The Labute approximate surface area is 83.9 Å². The van der Waals surface area contributed by atoms with Gasteiger partial charge in [-0.15, -0.1) is 5.10 Å². The molecule has 0 saturated carbocycles. The van der Waals surface area contributed by atoms with E-state index in [1.807, 2.05) is 11.6 Å². The summed E-state index contributed by atoms with van der Waals surface area (Å²) >= 11 is 0. The van der Waals surface area contributed by atoms with Gasteiger partial charge in [-0.3, -0.25) is 0 Å². The third-order valence-electron chi connectivity index (χ3n) is 2.38. The number of hydrogen-bond donors (Lipinski definition) is 2. The van der Waals surface area contributed by atoms with Gasteiger partial charge in [-0.2, -0.15) is 0 Å². The molecule has 5 nitrogen and oxygen atoms in total. The van der Waals surface area contributed by atoms with Crippen LogP contribution in [0, 0.1) is 12.8 Å². The Morgan fingerprint density at radius 3 is 2.79 bits per heavy atom. The number of hydrogen-bond acceptors (Lipinski definition) is 4. The van der Waals surface area contributed by atoms with E-state index in [-0.39, 0.29) is 6.61 Å². The molecule has 0 bridgehead atoms. The molecular formula is C9H18N4O. The quantitative estimate of drug-likeness (QED) is 0.701. The van der Waals surface area contributed by atoms with E-state index in [1.54, 1.807) is 0 Å². The average molecular weight is 198 g/mol. The maximum absolute atomic E-state index is 8.77. The van der Waals surface area contributed by atoms with Gasteiger partial charge in [-0.05, 0) is 19.3 Å². The first-order chi connectivity index (χ1) is 6.69. The highest BCUT2D eigenvalue weighted by Crippen LogP contribution is 2.08. The van der Waals surface area contributed by atoms with Crippen LogP contribution in [0.25, 0.3) is 0 Å². The predicted octanol–water partition coefficient (Wildman–Crippen LogP) is 0.0637. The molecular weight excluding hydrogens is 180 g/mol. The van der Waals surface area contributed by atoms with Gasteiger partial charge in [0.2, 0.25) is 0 Å². The average Bonchev–Trinajstić information content (AvgIpc) is 2.48. The van der Waals surface area contributed by atoms with Crippen LogP contribution in [-0.2, 0) is 13.1 Å². The van der Waals surface area contributed by atoms with Crippen LogP contribution in [0.1, 0.15) is 24.7 Å². The van der Waals surface area contributed by atoms with Gasteiger partial charge in [0, 0.05) is 19.7 Å². The van der Waals surface area contributed by atoms with Crippen molar-refractivity contribution in [3.8, 4) is 0 Å². The van der Waals surface area contributed by atoms with E-state index >= 15 is 0 Å². The maximum atomic E-state index is 8.77. The Hall–Kier alpha value is -0.940. The van der Waals surface area contributed by atoms with Crippen LogP contribution in [0.2, 0.25) is 0 Å². The van der Waals surface area contributed by atoms with Gasteiger partial charge in [-0.25, -0.2) is 4.68 Å². The largest absolute Gasteiger partial charge is 0.396 e. The molecule has 5 heteroatoms. The van der Waals surface area contributed by atoms with E-state index in [2.05, 4.69) is 17.2 Å². The summed E-state index contributed by atoms with van der Waals surface area (Å²) in [6, 6.07) is 0. The van der Waals surface area contributed by atoms with Crippen molar-refractivity contribution in [2.45, 2.75) is 33.4 Å². The molecule has 14 heavy (non-hydrogen) atoms. The summed E-state index contributed by atoms with van der Waals surface area (Å²) < 4.78 is 1.85. The molecule has 3 N–H and O–H groups in total. The number of aliphatic hydroxyl groups is 1. The second-order valence-electron chi connectivity index (χ2n) is 3.63. The third-order valence-corrected chi connectivity index (χ3v) is 2.38. The number of rotatable bonds is 5. The first-order valence-electron chi connectivity index (χ1n) is 4.89. The highest BCUT2D eigenvalue weighted by atomic mass is 16.3. The van der Waals surface area contributed by atoms with E-state index in [9.17, 15) is 0 Å². The van der Waals surface area contributed by atoms with E-state index in [4.69, 9.17) is 10.8 Å². The first-order valence-corrected chi connectivity index (χ1v) is 4.89. The van der Waals surface area contributed by atoms with E-state index in [0.717, 1.165) is 24.4 Å². The molecule has 0 fully saturated rings. The summed E-state index contributed by atoms with van der Waals surface area (Å²) in [6.45, 7) is 5.49. The fourth-order valence-electron chi connectivity index (χ4n) is 1.37. The highest BCUT2D eigenvalue weighted by Gasteiger charge is 2.09. The molecule has 0 radical (unpaired) electrons. The van der Waals surface area contributed by atoms with E-state index < -0.39 is 0 Å². The van der Waals surface area contributed by atoms with Gasteiger partial charge in [-0.1, -0.05) is 12.1 Å². The minimum absolute atomic E-state index is 0.221. The van der Waals surface area contributed by atoms with Crippen LogP contribution < -0.4 is 5.73 Å². The zero-order valence-electron chi connectivity index (χ0n) is 8.77. The Morgan fingerprint density at radius 2 is 2.29 bits per heavy atom. The van der Waals surface area contributed by atoms with Crippen LogP contribution >= 0.6 is 0 Å². The zero-order valence-corrected chi connectivity index (χ0v) is 8.77. The van der Waals surface area contributed by atoms with Gasteiger partial charge in [0.1, 0.15) is 0 Å². The van der Waals surface area contributed by atoms with Crippen molar-refractivity contribution in [2.75, 3.05) is 6.61 Å². The summed E-state index contributed by atoms with van der Waals surface area (Å²) in [4.78, 5) is 0. The first kappa shape index (κ1) is 11.1. The Kier molecular flexibility index (Phi) is 4.03. The van der Waals surface area contributed by atoms with Crippen LogP contribution in [-0.4, -0.2) is 26.7 Å². The molecule has 0 saturated heterocycles. The molecule has 0 aliphatic carbocycles. The van der Waals surface area contributed by atoms with Crippen LogP contribution in [0.3, 0.4) is 0 Å². The van der Waals surface area contributed by atoms with Crippen molar-refractivity contribution in [3.63, 3.8) is 0 Å². The number of aromatic nitrogens is 3. The predicted molar refractivity (Wildman–Crippen MR) is 53.5 cm³/mol. The summed E-state index contributed by atoms with van der Waals surface area (Å²) in [7, 11) is 0. The standard InChI is InChI=1S/C9H18N4O/c1-7(3-4-14)6-13-8(2)9(5-10)11-12-13/h7,14H,3-6,10H2,1-2H3. The van der Waals surface area contributed by atoms with Crippen LogP contribution in [0.5, 0.6) is 0 Å².